The van der Waals surface area contributed by atoms with Crippen molar-refractivity contribution in [1.82, 2.24) is 0 Å². The van der Waals surface area contributed by atoms with Crippen molar-refractivity contribution in [2.75, 3.05) is 5.32 Å². The maximum Gasteiger partial charge on any atom is 0.338 e. The average Bonchev–Trinajstić information content (AvgIpc) is 2.62. The van der Waals surface area contributed by atoms with Crippen LogP contribution >= 0.6 is 0 Å². The van der Waals surface area contributed by atoms with Crippen molar-refractivity contribution in [2.24, 2.45) is 0 Å². The summed E-state index contributed by atoms with van der Waals surface area (Å²) in [5, 5.41) is 11.9. The average molecular weight is 355 g/mol. The highest BCUT2D eigenvalue weighted by molar-refractivity contribution is 5.98. The second-order valence-corrected chi connectivity index (χ2v) is 6.59. The van der Waals surface area contributed by atoms with E-state index in [4.69, 9.17) is 9.84 Å². The fourth-order valence-corrected chi connectivity index (χ4v) is 2.60. The van der Waals surface area contributed by atoms with E-state index in [9.17, 15) is 9.59 Å². The first-order chi connectivity index (χ1) is 12.3. The molecule has 2 aromatic carbocycles. The zero-order valence-corrected chi connectivity index (χ0v) is 15.6. The van der Waals surface area contributed by atoms with Crippen LogP contribution in [0.15, 0.2) is 42.5 Å². The molecule has 26 heavy (non-hydrogen) atoms. The predicted octanol–water partition coefficient (Wildman–Crippen LogP) is 3.79. The molecular weight excluding hydrogens is 330 g/mol. The molecule has 0 radical (unpaired) electrons. The molecule has 2 N–H and O–H groups in total. The van der Waals surface area contributed by atoms with Crippen LogP contribution in [0.2, 0.25) is 0 Å². The van der Waals surface area contributed by atoms with Gasteiger partial charge in [0.25, 0.3) is 5.91 Å². The Morgan fingerprint density at radius 3 is 2.31 bits per heavy atom. The van der Waals surface area contributed by atoms with Gasteiger partial charge in [0, 0.05) is 5.69 Å². The third-order valence-corrected chi connectivity index (χ3v) is 4.20. The van der Waals surface area contributed by atoms with Crippen molar-refractivity contribution in [3.8, 4) is 0 Å². The molecule has 0 unspecified atom stereocenters. The van der Waals surface area contributed by atoms with Crippen LogP contribution in [-0.4, -0.2) is 23.1 Å². The van der Waals surface area contributed by atoms with E-state index in [0.29, 0.717) is 11.1 Å². The lowest BCUT2D eigenvalue weighted by Gasteiger charge is -2.19. The number of hydrogen-bond acceptors (Lipinski definition) is 4. The normalized spacial score (nSPS) is 11.9. The molecule has 5 nitrogen and oxygen atoms in total. The minimum Gasteiger partial charge on any atom is -0.449 e. The standard InChI is InChI=1S/C21H25NO4/c1-13(2)18-7-5-6-14(3)19(18)22-20(24)15(4)26-21(25)17-10-8-16(12-23)9-11-17/h5-11,13,15,23H,12H2,1-4H3,(H,22,24)/t15-/m1/s1. The summed E-state index contributed by atoms with van der Waals surface area (Å²) in [6, 6.07) is 12.3. The SMILES string of the molecule is Cc1cccc(C(C)C)c1NC(=O)[C@@H](C)OC(=O)c1ccc(CO)cc1. The van der Waals surface area contributed by atoms with Gasteiger partial charge >= 0.3 is 5.97 Å². The topological polar surface area (TPSA) is 75.6 Å². The molecule has 0 bridgehead atoms. The van der Waals surface area contributed by atoms with E-state index in [-0.39, 0.29) is 18.4 Å². The number of anilines is 1. The van der Waals surface area contributed by atoms with Crippen LogP contribution in [0.3, 0.4) is 0 Å². The van der Waals surface area contributed by atoms with Crippen LogP contribution in [0.5, 0.6) is 0 Å². The summed E-state index contributed by atoms with van der Waals surface area (Å²) in [4.78, 5) is 24.7. The molecule has 0 spiro atoms. The first-order valence-corrected chi connectivity index (χ1v) is 8.64. The number of carbonyl (C=O) groups excluding carboxylic acids is 2. The Labute approximate surface area is 154 Å². The molecule has 2 rings (SSSR count). The van der Waals surface area contributed by atoms with Crippen molar-refractivity contribution < 1.29 is 19.4 Å². The van der Waals surface area contributed by atoms with Crippen LogP contribution < -0.4 is 5.32 Å². The molecule has 1 atom stereocenters. The molecule has 0 aromatic heterocycles. The second-order valence-electron chi connectivity index (χ2n) is 6.59. The third-order valence-electron chi connectivity index (χ3n) is 4.20. The van der Waals surface area contributed by atoms with Gasteiger partial charge < -0.3 is 15.2 Å². The molecule has 0 aliphatic carbocycles. The summed E-state index contributed by atoms with van der Waals surface area (Å²) in [6.45, 7) is 7.50. The van der Waals surface area contributed by atoms with Crippen molar-refractivity contribution in [3.05, 3.63) is 64.7 Å². The zero-order chi connectivity index (χ0) is 19.3. The zero-order valence-electron chi connectivity index (χ0n) is 15.6. The molecule has 0 aliphatic rings. The Morgan fingerprint density at radius 2 is 1.73 bits per heavy atom. The number of ether oxygens (including phenoxy) is 1. The molecule has 0 heterocycles. The highest BCUT2D eigenvalue weighted by Crippen LogP contribution is 2.27. The van der Waals surface area contributed by atoms with Crippen molar-refractivity contribution in [2.45, 2.75) is 46.3 Å². The third kappa shape index (κ3) is 4.70. The number of aryl methyl sites for hydroxylation is 1. The summed E-state index contributed by atoms with van der Waals surface area (Å²) in [7, 11) is 0. The lowest BCUT2D eigenvalue weighted by molar-refractivity contribution is -0.123. The predicted molar refractivity (Wildman–Crippen MR) is 101 cm³/mol. The van der Waals surface area contributed by atoms with Gasteiger partial charge in [0.2, 0.25) is 0 Å². The second kappa shape index (κ2) is 8.63. The Balaban J connectivity index is 2.07. The summed E-state index contributed by atoms with van der Waals surface area (Å²) in [6.07, 6.45) is -0.931. The summed E-state index contributed by atoms with van der Waals surface area (Å²) >= 11 is 0. The molecule has 0 aliphatic heterocycles. The number of para-hydroxylation sites is 1. The minimum absolute atomic E-state index is 0.0945. The maximum absolute atomic E-state index is 12.5. The number of amides is 1. The molecule has 0 fully saturated rings. The van der Waals surface area contributed by atoms with E-state index < -0.39 is 12.1 Å². The fraction of sp³-hybridized carbons (Fsp3) is 0.333. The fourth-order valence-electron chi connectivity index (χ4n) is 2.60. The number of benzene rings is 2. The molecule has 138 valence electrons. The van der Waals surface area contributed by atoms with Crippen LogP contribution in [0, 0.1) is 6.92 Å². The summed E-state index contributed by atoms with van der Waals surface area (Å²) < 4.78 is 5.27. The van der Waals surface area contributed by atoms with E-state index in [0.717, 1.165) is 16.8 Å². The van der Waals surface area contributed by atoms with Crippen LogP contribution in [0.25, 0.3) is 0 Å². The van der Waals surface area contributed by atoms with E-state index in [2.05, 4.69) is 19.2 Å². The van der Waals surface area contributed by atoms with Gasteiger partial charge in [-0.15, -0.1) is 0 Å². The van der Waals surface area contributed by atoms with Gasteiger partial charge in [0.05, 0.1) is 12.2 Å². The molecular formula is C21H25NO4. The highest BCUT2D eigenvalue weighted by atomic mass is 16.5. The number of aliphatic hydroxyl groups is 1. The van der Waals surface area contributed by atoms with Gasteiger partial charge in [-0.1, -0.05) is 44.2 Å². The Morgan fingerprint density at radius 1 is 1.08 bits per heavy atom. The first kappa shape index (κ1) is 19.7. The molecule has 2 aromatic rings. The lowest BCUT2D eigenvalue weighted by atomic mass is 9.98. The van der Waals surface area contributed by atoms with Crippen molar-refractivity contribution >= 4 is 17.6 Å². The van der Waals surface area contributed by atoms with Crippen LogP contribution in [0.1, 0.15) is 53.7 Å². The van der Waals surface area contributed by atoms with Gasteiger partial charge in [-0.05, 0) is 48.6 Å². The maximum atomic E-state index is 12.5. The van der Waals surface area contributed by atoms with Gasteiger partial charge in [-0.25, -0.2) is 4.79 Å². The number of nitrogens with one attached hydrogen (secondary N) is 1. The largest absolute Gasteiger partial charge is 0.449 e. The Hall–Kier alpha value is -2.66. The molecule has 0 saturated carbocycles. The van der Waals surface area contributed by atoms with Gasteiger partial charge in [0.1, 0.15) is 0 Å². The monoisotopic (exact) mass is 355 g/mol. The van der Waals surface area contributed by atoms with Gasteiger partial charge in [0.15, 0.2) is 6.10 Å². The van der Waals surface area contributed by atoms with Gasteiger partial charge in [-0.2, -0.15) is 0 Å². The van der Waals surface area contributed by atoms with Crippen LogP contribution in [-0.2, 0) is 16.1 Å². The van der Waals surface area contributed by atoms with Crippen LogP contribution in [0.4, 0.5) is 5.69 Å². The quantitative estimate of drug-likeness (QED) is 0.773. The van der Waals surface area contributed by atoms with E-state index in [1.807, 2.05) is 25.1 Å². The molecule has 1 amide bonds. The Bertz CT molecular complexity index is 781. The summed E-state index contributed by atoms with van der Waals surface area (Å²) in [5.41, 5.74) is 3.80. The molecule has 5 heteroatoms. The highest BCUT2D eigenvalue weighted by Gasteiger charge is 2.21. The summed E-state index contributed by atoms with van der Waals surface area (Å²) in [5.74, 6) is -0.694. The number of hydrogen-bond donors (Lipinski definition) is 2. The number of rotatable bonds is 6. The Kier molecular flexibility index (Phi) is 6.52. The van der Waals surface area contributed by atoms with Crippen molar-refractivity contribution in [3.63, 3.8) is 0 Å². The first-order valence-electron chi connectivity index (χ1n) is 8.64. The van der Waals surface area contributed by atoms with Crippen molar-refractivity contribution in [1.29, 1.82) is 0 Å². The lowest BCUT2D eigenvalue weighted by Crippen LogP contribution is -2.30. The van der Waals surface area contributed by atoms with E-state index in [1.54, 1.807) is 31.2 Å². The smallest absolute Gasteiger partial charge is 0.338 e. The number of esters is 1. The number of carbonyl (C=O) groups is 2. The van der Waals surface area contributed by atoms with E-state index >= 15 is 0 Å². The van der Waals surface area contributed by atoms with E-state index in [1.165, 1.54) is 0 Å². The molecule has 0 saturated heterocycles. The van der Waals surface area contributed by atoms with Gasteiger partial charge in [-0.3, -0.25) is 4.79 Å². The minimum atomic E-state index is -0.931. The number of aliphatic hydroxyl groups excluding tert-OH is 1.